The van der Waals surface area contributed by atoms with E-state index in [-0.39, 0.29) is 14.9 Å². The molecular formula is C12H13Br3N4O2S. The van der Waals surface area contributed by atoms with Crippen molar-refractivity contribution in [1.29, 1.82) is 0 Å². The fraction of sp³-hybridized carbons (Fsp3) is 0.417. The summed E-state index contributed by atoms with van der Waals surface area (Å²) in [5.41, 5.74) is 5.94. The van der Waals surface area contributed by atoms with E-state index in [1.54, 1.807) is 17.7 Å². The zero-order valence-electron chi connectivity index (χ0n) is 11.7. The molecule has 0 radical (unpaired) electrons. The molecule has 0 saturated heterocycles. The fourth-order valence-electron chi connectivity index (χ4n) is 1.81. The van der Waals surface area contributed by atoms with Crippen LogP contribution in [0.4, 0.5) is 0 Å². The van der Waals surface area contributed by atoms with Crippen LogP contribution in [0.3, 0.4) is 0 Å². The van der Waals surface area contributed by atoms with E-state index < -0.39 is 5.91 Å². The zero-order chi connectivity index (χ0) is 16.4. The highest BCUT2D eigenvalue weighted by Gasteiger charge is 2.28. The van der Waals surface area contributed by atoms with Gasteiger partial charge in [0.2, 0.25) is 0 Å². The summed E-state index contributed by atoms with van der Waals surface area (Å²) in [6.45, 7) is 4.25. The van der Waals surface area contributed by atoms with Gasteiger partial charge in [-0.05, 0) is 35.9 Å². The largest absolute Gasteiger partial charge is 0.289 e. The van der Waals surface area contributed by atoms with Gasteiger partial charge in [-0.25, -0.2) is 0 Å². The number of amides is 2. The molecule has 6 nitrogen and oxygen atoms in total. The third-order valence-corrected chi connectivity index (χ3v) is 7.91. The van der Waals surface area contributed by atoms with Crippen LogP contribution in [0, 0.1) is 6.92 Å². The van der Waals surface area contributed by atoms with Crippen molar-refractivity contribution in [3.63, 3.8) is 0 Å². The first-order valence-corrected chi connectivity index (χ1v) is 9.85. The summed E-state index contributed by atoms with van der Waals surface area (Å²) in [6, 6.07) is 0. The molecule has 1 aliphatic heterocycles. The Labute approximate surface area is 157 Å². The Bertz CT molecular complexity index is 647. The second-order valence-electron chi connectivity index (χ2n) is 4.42. The van der Waals surface area contributed by atoms with Crippen LogP contribution in [-0.2, 0) is 11.3 Å². The van der Waals surface area contributed by atoms with Crippen molar-refractivity contribution >= 4 is 71.4 Å². The van der Waals surface area contributed by atoms with Gasteiger partial charge >= 0.3 is 0 Å². The van der Waals surface area contributed by atoms with Crippen molar-refractivity contribution in [3.8, 4) is 0 Å². The van der Waals surface area contributed by atoms with E-state index in [1.165, 1.54) is 11.8 Å². The lowest BCUT2D eigenvalue weighted by Gasteiger charge is -2.09. The number of rotatable bonds is 3. The average molecular weight is 517 g/mol. The highest BCUT2D eigenvalue weighted by molar-refractivity contribution is 9.13. The van der Waals surface area contributed by atoms with Crippen LogP contribution in [0.2, 0.25) is 0 Å². The lowest BCUT2D eigenvalue weighted by Crippen LogP contribution is -2.42. The van der Waals surface area contributed by atoms with Crippen molar-refractivity contribution in [1.82, 2.24) is 20.6 Å². The molecule has 2 rings (SSSR count). The van der Waals surface area contributed by atoms with Gasteiger partial charge in [0, 0.05) is 6.54 Å². The Morgan fingerprint density at radius 3 is 2.55 bits per heavy atom. The number of nitrogens with one attached hydrogen (secondary N) is 2. The summed E-state index contributed by atoms with van der Waals surface area (Å²) in [4.78, 5) is 24.9. The molecule has 0 saturated carbocycles. The van der Waals surface area contributed by atoms with Gasteiger partial charge in [0.05, 0.1) is 24.1 Å². The molecular weight excluding hydrogens is 504 g/mol. The fourth-order valence-corrected chi connectivity index (χ4v) is 4.63. The van der Waals surface area contributed by atoms with Crippen LogP contribution in [0.5, 0.6) is 0 Å². The van der Waals surface area contributed by atoms with E-state index in [1.807, 2.05) is 6.92 Å². The second-order valence-corrected chi connectivity index (χ2v) is 9.04. The molecule has 1 aromatic heterocycles. The van der Waals surface area contributed by atoms with Gasteiger partial charge < -0.3 is 0 Å². The van der Waals surface area contributed by atoms with E-state index in [4.69, 9.17) is 0 Å². The van der Waals surface area contributed by atoms with Crippen LogP contribution in [-0.4, -0.2) is 30.6 Å². The minimum Gasteiger partial charge on any atom is -0.267 e. The number of halogens is 3. The van der Waals surface area contributed by atoms with Crippen molar-refractivity contribution in [2.24, 2.45) is 0 Å². The van der Waals surface area contributed by atoms with E-state index in [2.05, 4.69) is 63.7 Å². The van der Waals surface area contributed by atoms with Crippen LogP contribution >= 0.6 is 59.6 Å². The molecule has 0 spiro atoms. The predicted molar refractivity (Wildman–Crippen MR) is 97.1 cm³/mol. The number of carbonyl (C=O) groups excluding carboxylic acids is 2. The lowest BCUT2D eigenvalue weighted by molar-refractivity contribution is -0.117. The van der Waals surface area contributed by atoms with Gasteiger partial charge in [-0.3, -0.25) is 25.1 Å². The standard InChI is InChI=1S/C12H13Br3N4O2S/c1-3-19-9(8(14)5(2)18-19)12(21)17-16-11(20)7-4-6(13)10(15)22-7/h4,6,10H,3H2,1-2H3,(H,16,20)(H,17,21). The van der Waals surface area contributed by atoms with Gasteiger partial charge in [-0.15, -0.1) is 11.8 Å². The minimum absolute atomic E-state index is 0.0762. The molecule has 10 heteroatoms. The Morgan fingerprint density at radius 1 is 1.36 bits per heavy atom. The lowest BCUT2D eigenvalue weighted by atomic mass is 10.3. The van der Waals surface area contributed by atoms with Crippen LogP contribution in [0.15, 0.2) is 15.5 Å². The highest BCUT2D eigenvalue weighted by atomic mass is 79.9. The number of nitrogens with zero attached hydrogens (tertiary/aromatic N) is 2. The highest BCUT2D eigenvalue weighted by Crippen LogP contribution is 2.39. The average Bonchev–Trinajstić information content (AvgIpc) is 2.97. The van der Waals surface area contributed by atoms with E-state index in [0.29, 0.717) is 21.6 Å². The van der Waals surface area contributed by atoms with Gasteiger partial charge in [-0.1, -0.05) is 31.9 Å². The topological polar surface area (TPSA) is 76.0 Å². The molecule has 22 heavy (non-hydrogen) atoms. The molecule has 0 aromatic carbocycles. The summed E-state index contributed by atoms with van der Waals surface area (Å²) < 4.78 is 2.30. The first-order valence-electron chi connectivity index (χ1n) is 6.35. The van der Waals surface area contributed by atoms with Gasteiger partial charge in [0.1, 0.15) is 5.69 Å². The molecule has 2 unspecified atom stereocenters. The van der Waals surface area contributed by atoms with Gasteiger partial charge in [0.25, 0.3) is 11.8 Å². The quantitative estimate of drug-likeness (QED) is 0.478. The molecule has 0 fully saturated rings. The summed E-state index contributed by atoms with van der Waals surface area (Å²) in [5, 5.41) is 4.24. The maximum absolute atomic E-state index is 12.2. The molecule has 2 amide bonds. The normalized spacial score (nSPS) is 20.7. The smallest absolute Gasteiger partial charge is 0.267 e. The Kier molecular flexibility index (Phi) is 6.14. The monoisotopic (exact) mass is 514 g/mol. The zero-order valence-corrected chi connectivity index (χ0v) is 17.3. The number of hydrogen-bond acceptors (Lipinski definition) is 4. The second kappa shape index (κ2) is 7.50. The number of allylic oxidation sites excluding steroid dienone is 1. The number of carbonyl (C=O) groups is 2. The summed E-state index contributed by atoms with van der Waals surface area (Å²) in [5.74, 6) is -0.766. The first kappa shape index (κ1) is 18.0. The van der Waals surface area contributed by atoms with E-state index >= 15 is 0 Å². The van der Waals surface area contributed by atoms with Gasteiger partial charge in [-0.2, -0.15) is 5.10 Å². The van der Waals surface area contributed by atoms with Crippen molar-refractivity contribution in [2.45, 2.75) is 29.4 Å². The summed E-state index contributed by atoms with van der Waals surface area (Å²) >= 11 is 11.6. The molecule has 120 valence electrons. The number of aromatic nitrogens is 2. The van der Waals surface area contributed by atoms with Crippen molar-refractivity contribution in [2.75, 3.05) is 0 Å². The third kappa shape index (κ3) is 3.77. The number of thioether (sulfide) groups is 1. The Morgan fingerprint density at radius 2 is 2.00 bits per heavy atom. The first-order chi connectivity index (χ1) is 10.3. The molecule has 1 aliphatic rings. The van der Waals surface area contributed by atoms with Crippen molar-refractivity contribution < 1.29 is 9.59 Å². The van der Waals surface area contributed by atoms with E-state index in [0.717, 1.165) is 5.69 Å². The minimum atomic E-state index is -0.419. The van der Waals surface area contributed by atoms with Crippen LogP contribution in [0.1, 0.15) is 23.1 Å². The third-order valence-electron chi connectivity index (χ3n) is 2.88. The predicted octanol–water partition coefficient (Wildman–Crippen LogP) is 2.85. The maximum atomic E-state index is 12.2. The maximum Gasteiger partial charge on any atom is 0.289 e. The molecule has 2 atom stereocenters. The summed E-state index contributed by atoms with van der Waals surface area (Å²) in [6.07, 6.45) is 1.79. The molecule has 1 aromatic rings. The van der Waals surface area contributed by atoms with Gasteiger partial charge in [0.15, 0.2) is 0 Å². The number of aryl methyl sites for hydroxylation is 2. The molecule has 0 bridgehead atoms. The molecule has 0 aliphatic carbocycles. The van der Waals surface area contributed by atoms with E-state index in [9.17, 15) is 9.59 Å². The number of alkyl halides is 2. The Balaban J connectivity index is 2.02. The van der Waals surface area contributed by atoms with Crippen LogP contribution < -0.4 is 10.9 Å². The molecule has 2 heterocycles. The Hall–Kier alpha value is -0.320. The molecule has 2 N–H and O–H groups in total. The summed E-state index contributed by atoms with van der Waals surface area (Å²) in [7, 11) is 0. The number of hydrazine groups is 1. The van der Waals surface area contributed by atoms with Crippen molar-refractivity contribution in [3.05, 3.63) is 26.8 Å². The number of hydrogen-bond donors (Lipinski definition) is 2. The van der Waals surface area contributed by atoms with Crippen LogP contribution in [0.25, 0.3) is 0 Å². The SMILES string of the molecule is CCn1nc(C)c(Br)c1C(=O)NNC(=O)C1=CC(Br)C(Br)S1.